The van der Waals surface area contributed by atoms with E-state index in [1.165, 1.54) is 5.56 Å². The average Bonchev–Trinajstić information content (AvgIpc) is 3.17. The maximum Gasteiger partial charge on any atom is 0.150 e. The number of aromatic nitrogens is 2. The number of aliphatic hydroxyl groups excluding tert-OH is 1. The molecule has 0 bridgehead atoms. The van der Waals surface area contributed by atoms with Gasteiger partial charge in [0.2, 0.25) is 0 Å². The van der Waals surface area contributed by atoms with Gasteiger partial charge in [-0.15, -0.1) is 11.3 Å². The van der Waals surface area contributed by atoms with Gasteiger partial charge in [0.15, 0.2) is 0 Å². The van der Waals surface area contributed by atoms with Crippen LogP contribution in [0.1, 0.15) is 23.3 Å². The number of hydrogen-bond donors (Lipinski definition) is 1. The molecule has 1 aliphatic carbocycles. The second-order valence-electron chi connectivity index (χ2n) is 5.05. The fourth-order valence-electron chi connectivity index (χ4n) is 2.98. The van der Waals surface area contributed by atoms with Crippen LogP contribution in [0.5, 0.6) is 0 Å². The van der Waals surface area contributed by atoms with Crippen LogP contribution in [0.15, 0.2) is 54.2 Å². The number of nitrogens with zero attached hydrogens (tertiary/aromatic N) is 2. The molecule has 2 unspecified atom stereocenters. The van der Waals surface area contributed by atoms with Crippen molar-refractivity contribution in [2.24, 2.45) is 0 Å². The molecule has 0 fully saturated rings. The summed E-state index contributed by atoms with van der Waals surface area (Å²) in [6.45, 7) is 0. The van der Waals surface area contributed by atoms with Crippen molar-refractivity contribution >= 4 is 11.3 Å². The molecule has 20 heavy (non-hydrogen) atoms. The van der Waals surface area contributed by atoms with E-state index in [-0.39, 0.29) is 6.04 Å². The van der Waals surface area contributed by atoms with Gasteiger partial charge in [0, 0.05) is 12.4 Å². The monoisotopic (exact) mass is 282 g/mol. The van der Waals surface area contributed by atoms with E-state index >= 15 is 0 Å². The van der Waals surface area contributed by atoms with Gasteiger partial charge in [0.1, 0.15) is 11.9 Å². The Balaban J connectivity index is 1.76. The number of imidazole rings is 1. The summed E-state index contributed by atoms with van der Waals surface area (Å²) in [4.78, 5) is 5.60. The maximum absolute atomic E-state index is 10.6. The van der Waals surface area contributed by atoms with E-state index in [1.54, 1.807) is 11.3 Å². The van der Waals surface area contributed by atoms with Crippen molar-refractivity contribution in [1.82, 2.24) is 9.55 Å². The quantitative estimate of drug-likeness (QED) is 0.782. The van der Waals surface area contributed by atoms with Gasteiger partial charge in [-0.05, 0) is 29.0 Å². The molecular weight excluding hydrogens is 268 g/mol. The standard InChI is InChI=1S/C16H14N2OS/c19-15-12-5-2-1-4-11(12)10-13(15)18-8-7-17-16(18)14-6-3-9-20-14/h1-9,13,15,19H,10H2. The van der Waals surface area contributed by atoms with Crippen LogP contribution >= 0.6 is 11.3 Å². The highest BCUT2D eigenvalue weighted by Crippen LogP contribution is 2.41. The van der Waals surface area contributed by atoms with Gasteiger partial charge in [-0.1, -0.05) is 30.3 Å². The van der Waals surface area contributed by atoms with Crippen LogP contribution in [-0.2, 0) is 6.42 Å². The Bertz CT molecular complexity index is 733. The van der Waals surface area contributed by atoms with Crippen LogP contribution in [-0.4, -0.2) is 14.7 Å². The summed E-state index contributed by atoms with van der Waals surface area (Å²) < 4.78 is 2.11. The zero-order valence-corrected chi connectivity index (χ0v) is 11.6. The first kappa shape index (κ1) is 11.9. The van der Waals surface area contributed by atoms with Crippen LogP contribution in [0, 0.1) is 0 Å². The van der Waals surface area contributed by atoms with E-state index in [0.717, 1.165) is 22.7 Å². The smallest absolute Gasteiger partial charge is 0.150 e. The summed E-state index contributed by atoms with van der Waals surface area (Å²) in [5.74, 6) is 0.942. The second-order valence-corrected chi connectivity index (χ2v) is 6.00. The SMILES string of the molecule is OC1c2ccccc2CC1n1ccnc1-c1cccs1. The molecule has 0 aliphatic heterocycles. The van der Waals surface area contributed by atoms with Crippen molar-refractivity contribution in [3.8, 4) is 10.7 Å². The molecule has 0 amide bonds. The van der Waals surface area contributed by atoms with Crippen LogP contribution in [0.3, 0.4) is 0 Å². The Labute approximate surface area is 121 Å². The van der Waals surface area contributed by atoms with Crippen LogP contribution in [0.2, 0.25) is 0 Å². The summed E-state index contributed by atoms with van der Waals surface area (Å²) in [7, 11) is 0. The Morgan fingerprint density at radius 3 is 2.90 bits per heavy atom. The lowest BCUT2D eigenvalue weighted by Gasteiger charge is -2.19. The highest BCUT2D eigenvalue weighted by atomic mass is 32.1. The van der Waals surface area contributed by atoms with E-state index in [9.17, 15) is 5.11 Å². The molecule has 3 aromatic rings. The lowest BCUT2D eigenvalue weighted by molar-refractivity contribution is 0.128. The molecule has 0 saturated heterocycles. The van der Waals surface area contributed by atoms with Crippen molar-refractivity contribution in [2.75, 3.05) is 0 Å². The second kappa shape index (κ2) is 4.58. The molecule has 2 aromatic heterocycles. The Kier molecular flexibility index (Phi) is 2.72. The predicted molar refractivity (Wildman–Crippen MR) is 79.7 cm³/mol. The van der Waals surface area contributed by atoms with E-state index in [2.05, 4.69) is 21.7 Å². The Morgan fingerprint density at radius 2 is 2.10 bits per heavy atom. The summed E-state index contributed by atoms with van der Waals surface area (Å²) in [6.07, 6.45) is 4.17. The topological polar surface area (TPSA) is 38.0 Å². The number of aliphatic hydroxyl groups is 1. The molecule has 2 heterocycles. The third kappa shape index (κ3) is 1.72. The first-order valence-corrected chi connectivity index (χ1v) is 7.55. The van der Waals surface area contributed by atoms with E-state index in [0.29, 0.717) is 0 Å². The van der Waals surface area contributed by atoms with Crippen molar-refractivity contribution in [3.05, 3.63) is 65.3 Å². The van der Waals surface area contributed by atoms with Gasteiger partial charge >= 0.3 is 0 Å². The van der Waals surface area contributed by atoms with Crippen LogP contribution in [0.25, 0.3) is 10.7 Å². The van der Waals surface area contributed by atoms with Crippen molar-refractivity contribution < 1.29 is 5.11 Å². The molecule has 1 N–H and O–H groups in total. The minimum Gasteiger partial charge on any atom is -0.386 e. The first-order chi connectivity index (χ1) is 9.84. The predicted octanol–water partition coefficient (Wildman–Crippen LogP) is 3.44. The number of thiophene rings is 1. The Morgan fingerprint density at radius 1 is 1.20 bits per heavy atom. The van der Waals surface area contributed by atoms with Gasteiger partial charge in [-0.3, -0.25) is 0 Å². The van der Waals surface area contributed by atoms with Gasteiger partial charge in [0.25, 0.3) is 0 Å². The lowest BCUT2D eigenvalue weighted by atomic mass is 10.1. The van der Waals surface area contributed by atoms with E-state index in [4.69, 9.17) is 0 Å². The fraction of sp³-hybridized carbons (Fsp3) is 0.188. The highest BCUT2D eigenvalue weighted by Gasteiger charge is 2.33. The molecule has 0 saturated carbocycles. The minimum atomic E-state index is -0.459. The van der Waals surface area contributed by atoms with Gasteiger partial charge in [-0.2, -0.15) is 0 Å². The number of benzene rings is 1. The third-order valence-electron chi connectivity index (χ3n) is 3.93. The molecule has 4 rings (SSSR count). The normalized spacial score (nSPS) is 21.1. The zero-order chi connectivity index (χ0) is 13.5. The molecule has 1 aliphatic rings. The molecule has 1 aromatic carbocycles. The van der Waals surface area contributed by atoms with E-state index in [1.807, 2.05) is 42.0 Å². The molecule has 0 spiro atoms. The van der Waals surface area contributed by atoms with Crippen LogP contribution < -0.4 is 0 Å². The van der Waals surface area contributed by atoms with Crippen LogP contribution in [0.4, 0.5) is 0 Å². The Hall–Kier alpha value is -1.91. The number of rotatable bonds is 2. The molecular formula is C16H14N2OS. The summed E-state index contributed by atoms with van der Waals surface area (Å²) >= 11 is 1.67. The zero-order valence-electron chi connectivity index (χ0n) is 10.8. The van der Waals surface area contributed by atoms with Gasteiger partial charge in [-0.25, -0.2) is 4.98 Å². The molecule has 4 heteroatoms. The van der Waals surface area contributed by atoms with Crippen molar-refractivity contribution in [2.45, 2.75) is 18.6 Å². The van der Waals surface area contributed by atoms with Crippen molar-refractivity contribution in [3.63, 3.8) is 0 Å². The summed E-state index contributed by atoms with van der Waals surface area (Å²) in [5, 5.41) is 12.6. The maximum atomic E-state index is 10.6. The molecule has 100 valence electrons. The first-order valence-electron chi connectivity index (χ1n) is 6.67. The lowest BCUT2D eigenvalue weighted by Crippen LogP contribution is -2.14. The van der Waals surface area contributed by atoms with E-state index < -0.39 is 6.10 Å². The van der Waals surface area contributed by atoms with Gasteiger partial charge in [0.05, 0.1) is 10.9 Å². The number of fused-ring (bicyclic) bond motifs is 1. The number of hydrogen-bond acceptors (Lipinski definition) is 3. The summed E-state index contributed by atoms with van der Waals surface area (Å²) in [6, 6.07) is 12.3. The van der Waals surface area contributed by atoms with Gasteiger partial charge < -0.3 is 9.67 Å². The summed E-state index contributed by atoms with van der Waals surface area (Å²) in [5.41, 5.74) is 2.28. The third-order valence-corrected chi connectivity index (χ3v) is 4.80. The highest BCUT2D eigenvalue weighted by molar-refractivity contribution is 7.13. The molecule has 3 nitrogen and oxygen atoms in total. The van der Waals surface area contributed by atoms with Crippen molar-refractivity contribution in [1.29, 1.82) is 0 Å². The fourth-order valence-corrected chi connectivity index (χ4v) is 3.71. The largest absolute Gasteiger partial charge is 0.386 e. The molecule has 0 radical (unpaired) electrons. The molecule has 2 atom stereocenters. The minimum absolute atomic E-state index is 0.0343. The average molecular weight is 282 g/mol.